The lowest BCUT2D eigenvalue weighted by Gasteiger charge is -2.19. The van der Waals surface area contributed by atoms with Crippen molar-refractivity contribution in [2.45, 2.75) is 32.7 Å². The Balaban J connectivity index is 2.93. The third-order valence-electron chi connectivity index (χ3n) is 2.47. The van der Waals surface area contributed by atoms with Gasteiger partial charge in [0.05, 0.1) is 6.54 Å². The van der Waals surface area contributed by atoms with Crippen molar-refractivity contribution in [3.8, 4) is 0 Å². The molecule has 3 nitrogen and oxygen atoms in total. The Kier molecular flexibility index (Phi) is 5.28. The van der Waals surface area contributed by atoms with E-state index in [9.17, 15) is 8.78 Å². The van der Waals surface area contributed by atoms with E-state index in [1.807, 2.05) is 6.07 Å². The zero-order valence-electron chi connectivity index (χ0n) is 10.3. The van der Waals surface area contributed by atoms with Crippen LogP contribution < -0.4 is 10.6 Å². The van der Waals surface area contributed by atoms with Gasteiger partial charge in [0.2, 0.25) is 0 Å². The van der Waals surface area contributed by atoms with E-state index in [4.69, 9.17) is 5.73 Å². The lowest BCUT2D eigenvalue weighted by atomic mass is 10.1. The molecule has 0 aliphatic carbocycles. The molecule has 2 N–H and O–H groups in total. The van der Waals surface area contributed by atoms with Crippen LogP contribution in [0.1, 0.15) is 24.6 Å². The number of aromatic nitrogens is 1. The molecule has 0 aromatic carbocycles. The van der Waals surface area contributed by atoms with Crippen LogP contribution in [-0.2, 0) is 13.0 Å². The topological polar surface area (TPSA) is 42.1 Å². The first-order chi connectivity index (χ1) is 8.06. The van der Waals surface area contributed by atoms with Crippen LogP contribution in [0.25, 0.3) is 0 Å². The summed E-state index contributed by atoms with van der Waals surface area (Å²) in [6.45, 7) is 2.14. The van der Waals surface area contributed by atoms with Gasteiger partial charge in [0.25, 0.3) is 6.43 Å². The van der Waals surface area contributed by atoms with Crippen molar-refractivity contribution in [2.24, 2.45) is 5.73 Å². The smallest absolute Gasteiger partial charge is 0.255 e. The number of rotatable bonds is 6. The number of nitrogens with two attached hydrogens (primary N) is 1. The van der Waals surface area contributed by atoms with Crippen LogP contribution in [0.5, 0.6) is 0 Å². The molecule has 0 unspecified atom stereocenters. The molecular formula is C12H19F2N3. The first kappa shape index (κ1) is 13.8. The third-order valence-corrected chi connectivity index (χ3v) is 2.47. The highest BCUT2D eigenvalue weighted by Gasteiger charge is 2.11. The molecule has 0 aliphatic rings. The van der Waals surface area contributed by atoms with Gasteiger partial charge in [-0.25, -0.2) is 13.8 Å². The molecule has 17 heavy (non-hydrogen) atoms. The highest BCUT2D eigenvalue weighted by atomic mass is 19.3. The van der Waals surface area contributed by atoms with Crippen molar-refractivity contribution in [1.82, 2.24) is 4.98 Å². The Morgan fingerprint density at radius 2 is 2.12 bits per heavy atom. The normalized spacial score (nSPS) is 10.9. The molecule has 0 spiro atoms. The molecule has 5 heteroatoms. The molecule has 1 rings (SSSR count). The summed E-state index contributed by atoms with van der Waals surface area (Å²) in [4.78, 5) is 5.82. The lowest BCUT2D eigenvalue weighted by Crippen LogP contribution is -2.25. The second kappa shape index (κ2) is 6.49. The van der Waals surface area contributed by atoms with E-state index in [1.165, 1.54) is 4.90 Å². The van der Waals surface area contributed by atoms with E-state index >= 15 is 0 Å². The maximum atomic E-state index is 12.3. The minimum atomic E-state index is -2.36. The van der Waals surface area contributed by atoms with E-state index < -0.39 is 6.43 Å². The first-order valence-corrected chi connectivity index (χ1v) is 5.76. The minimum Gasteiger partial charge on any atom is -0.354 e. The zero-order chi connectivity index (χ0) is 12.8. The predicted octanol–water partition coefficient (Wildman–Crippen LogP) is 2.19. The summed E-state index contributed by atoms with van der Waals surface area (Å²) in [7, 11) is 1.62. The zero-order valence-corrected chi connectivity index (χ0v) is 10.3. The number of pyridine rings is 1. The van der Waals surface area contributed by atoms with Crippen molar-refractivity contribution in [2.75, 3.05) is 18.5 Å². The highest BCUT2D eigenvalue weighted by Crippen LogP contribution is 2.16. The number of alkyl halides is 2. The average Bonchev–Trinajstić information content (AvgIpc) is 2.28. The molecule has 0 atom stereocenters. The fourth-order valence-corrected chi connectivity index (χ4v) is 1.63. The summed E-state index contributed by atoms with van der Waals surface area (Å²) in [5.74, 6) is 0.566. The number of halogens is 2. The molecule has 1 heterocycles. The van der Waals surface area contributed by atoms with E-state index in [0.29, 0.717) is 12.4 Å². The van der Waals surface area contributed by atoms with Gasteiger partial charge >= 0.3 is 0 Å². The van der Waals surface area contributed by atoms with E-state index in [-0.39, 0.29) is 6.54 Å². The second-order valence-electron chi connectivity index (χ2n) is 4.05. The number of aryl methyl sites for hydroxylation is 1. The van der Waals surface area contributed by atoms with Gasteiger partial charge in [-0.05, 0) is 24.1 Å². The van der Waals surface area contributed by atoms with E-state index in [1.54, 1.807) is 13.1 Å². The molecule has 1 aromatic rings. The second-order valence-corrected chi connectivity index (χ2v) is 4.05. The molecule has 0 saturated carbocycles. The molecule has 0 amide bonds. The van der Waals surface area contributed by atoms with Crippen molar-refractivity contribution < 1.29 is 8.78 Å². The Morgan fingerprint density at radius 3 is 2.65 bits per heavy atom. The summed E-state index contributed by atoms with van der Waals surface area (Å²) < 4.78 is 24.6. The molecule has 0 aliphatic heterocycles. The quantitative estimate of drug-likeness (QED) is 0.832. The Hall–Kier alpha value is -1.23. The fourth-order valence-electron chi connectivity index (χ4n) is 1.63. The summed E-state index contributed by atoms with van der Waals surface area (Å²) in [5, 5.41) is 0. The van der Waals surface area contributed by atoms with Crippen molar-refractivity contribution >= 4 is 5.82 Å². The van der Waals surface area contributed by atoms with Crippen LogP contribution in [0.4, 0.5) is 14.6 Å². The van der Waals surface area contributed by atoms with Crippen molar-refractivity contribution in [3.05, 3.63) is 23.4 Å². The Morgan fingerprint density at radius 1 is 1.41 bits per heavy atom. The number of nitrogens with zero attached hydrogens (tertiary/aromatic N) is 2. The molecule has 0 bridgehead atoms. The standard InChI is InChI=1S/C12H19F2N3/c1-3-4-10-5-9(7-15)6-12(16-10)17(2)8-11(13)14/h5-6,11H,3-4,7-8,15H2,1-2H3. The monoisotopic (exact) mass is 243 g/mol. The fraction of sp³-hybridized carbons (Fsp3) is 0.583. The summed E-state index contributed by atoms with van der Waals surface area (Å²) in [6, 6.07) is 3.70. The van der Waals surface area contributed by atoms with Crippen LogP contribution >= 0.6 is 0 Å². The van der Waals surface area contributed by atoms with Crippen LogP contribution in [0.2, 0.25) is 0 Å². The molecule has 0 fully saturated rings. The SMILES string of the molecule is CCCc1cc(CN)cc(N(C)CC(F)F)n1. The van der Waals surface area contributed by atoms with Crippen LogP contribution in [0.15, 0.2) is 12.1 Å². The van der Waals surface area contributed by atoms with Gasteiger partial charge in [0, 0.05) is 19.3 Å². The van der Waals surface area contributed by atoms with Gasteiger partial charge in [0.15, 0.2) is 0 Å². The lowest BCUT2D eigenvalue weighted by molar-refractivity contribution is 0.156. The molecular weight excluding hydrogens is 224 g/mol. The van der Waals surface area contributed by atoms with Gasteiger partial charge in [-0.2, -0.15) is 0 Å². The molecule has 96 valence electrons. The number of hydrogen-bond donors (Lipinski definition) is 1. The molecule has 1 aromatic heterocycles. The minimum absolute atomic E-state index is 0.313. The van der Waals surface area contributed by atoms with Crippen LogP contribution in [-0.4, -0.2) is 25.0 Å². The molecule has 0 saturated heterocycles. The van der Waals surface area contributed by atoms with Crippen LogP contribution in [0, 0.1) is 0 Å². The van der Waals surface area contributed by atoms with E-state index in [2.05, 4.69) is 11.9 Å². The Bertz CT molecular complexity index is 356. The van der Waals surface area contributed by atoms with Gasteiger partial charge in [-0.3, -0.25) is 0 Å². The maximum absolute atomic E-state index is 12.3. The largest absolute Gasteiger partial charge is 0.354 e. The van der Waals surface area contributed by atoms with Gasteiger partial charge < -0.3 is 10.6 Å². The number of anilines is 1. The van der Waals surface area contributed by atoms with Gasteiger partial charge in [-0.1, -0.05) is 13.3 Å². The van der Waals surface area contributed by atoms with Crippen molar-refractivity contribution in [1.29, 1.82) is 0 Å². The number of hydrogen-bond acceptors (Lipinski definition) is 3. The first-order valence-electron chi connectivity index (χ1n) is 5.76. The maximum Gasteiger partial charge on any atom is 0.255 e. The third kappa shape index (κ3) is 4.26. The Labute approximate surface area is 101 Å². The van der Waals surface area contributed by atoms with Gasteiger partial charge in [-0.15, -0.1) is 0 Å². The van der Waals surface area contributed by atoms with Gasteiger partial charge in [0.1, 0.15) is 5.82 Å². The summed E-state index contributed by atoms with van der Waals surface area (Å²) in [6.07, 6.45) is -0.555. The molecule has 0 radical (unpaired) electrons. The van der Waals surface area contributed by atoms with E-state index in [0.717, 1.165) is 24.1 Å². The highest BCUT2D eigenvalue weighted by molar-refractivity contribution is 5.42. The predicted molar refractivity (Wildman–Crippen MR) is 65.4 cm³/mol. The summed E-state index contributed by atoms with van der Waals surface area (Å²) >= 11 is 0. The average molecular weight is 243 g/mol. The summed E-state index contributed by atoms with van der Waals surface area (Å²) in [5.41, 5.74) is 7.43. The van der Waals surface area contributed by atoms with Crippen LogP contribution in [0.3, 0.4) is 0 Å². The van der Waals surface area contributed by atoms with Crippen molar-refractivity contribution in [3.63, 3.8) is 0 Å².